The number of carbonyl (C=O) groups excluding carboxylic acids is 1. The van der Waals surface area contributed by atoms with E-state index in [1.807, 2.05) is 34.5 Å². The number of hydrogen-bond acceptors (Lipinski definition) is 9. The Labute approximate surface area is 237 Å². The normalized spacial score (nSPS) is 23.9. The third-order valence-electron chi connectivity index (χ3n) is 9.01. The maximum atomic E-state index is 13.2. The SMILES string of the molecule is C[C@H](Oc1cc(-c2ccn(-c3ccsc3)n2)nc(-c2noc3c2CCC[C@@]32CCCCC2=O)n1)[C@@H]1CCCN1C. The molecule has 4 aromatic heterocycles. The number of likely N-dealkylation sites (tertiary alicyclic amines) is 1. The molecule has 2 fully saturated rings. The second kappa shape index (κ2) is 10.2. The summed E-state index contributed by atoms with van der Waals surface area (Å²) in [5.74, 6) is 1.97. The summed E-state index contributed by atoms with van der Waals surface area (Å²) >= 11 is 1.63. The van der Waals surface area contributed by atoms with Gasteiger partial charge in [0, 0.05) is 35.7 Å². The number of Topliss-reactive ketones (excluding diaryl/α,β-unsaturated/α-hetero) is 1. The zero-order valence-corrected chi connectivity index (χ0v) is 23.8. The van der Waals surface area contributed by atoms with Crippen molar-refractivity contribution in [2.45, 2.75) is 82.3 Å². The number of rotatable bonds is 6. The van der Waals surface area contributed by atoms with Crippen LogP contribution in [0.1, 0.15) is 69.6 Å². The van der Waals surface area contributed by atoms with E-state index in [0.717, 1.165) is 74.2 Å². The Balaban J connectivity index is 1.30. The lowest BCUT2D eigenvalue weighted by molar-refractivity contribution is -0.128. The molecule has 1 aliphatic heterocycles. The van der Waals surface area contributed by atoms with Gasteiger partial charge in [-0.25, -0.2) is 9.67 Å². The molecule has 4 aromatic rings. The lowest BCUT2D eigenvalue weighted by Gasteiger charge is -2.36. The van der Waals surface area contributed by atoms with Crippen LogP contribution in [0.4, 0.5) is 0 Å². The molecular weight excluding hydrogens is 524 g/mol. The fourth-order valence-electron chi connectivity index (χ4n) is 6.88. The van der Waals surface area contributed by atoms with Gasteiger partial charge in [0.15, 0.2) is 17.3 Å². The predicted molar refractivity (Wildman–Crippen MR) is 152 cm³/mol. The van der Waals surface area contributed by atoms with Crippen molar-refractivity contribution in [2.75, 3.05) is 13.6 Å². The van der Waals surface area contributed by atoms with Crippen molar-refractivity contribution in [3.05, 3.63) is 46.5 Å². The second-order valence-electron chi connectivity index (χ2n) is 11.5. The smallest absolute Gasteiger partial charge is 0.217 e. The van der Waals surface area contributed by atoms with E-state index >= 15 is 0 Å². The van der Waals surface area contributed by atoms with Crippen LogP contribution in [0.15, 0.2) is 39.7 Å². The molecule has 208 valence electrons. The van der Waals surface area contributed by atoms with Gasteiger partial charge in [0.1, 0.15) is 17.6 Å². The molecule has 1 saturated heterocycles. The molecule has 2 aliphatic carbocycles. The molecule has 40 heavy (non-hydrogen) atoms. The number of ketones is 1. The van der Waals surface area contributed by atoms with E-state index in [2.05, 4.69) is 29.4 Å². The van der Waals surface area contributed by atoms with Gasteiger partial charge in [0.2, 0.25) is 5.88 Å². The molecule has 3 atom stereocenters. The van der Waals surface area contributed by atoms with E-state index in [4.69, 9.17) is 24.3 Å². The molecule has 0 radical (unpaired) electrons. The number of aromatic nitrogens is 5. The van der Waals surface area contributed by atoms with Crippen molar-refractivity contribution in [3.63, 3.8) is 0 Å². The summed E-state index contributed by atoms with van der Waals surface area (Å²) in [5.41, 5.74) is 3.43. The summed E-state index contributed by atoms with van der Waals surface area (Å²) in [6.45, 7) is 3.18. The predicted octanol–water partition coefficient (Wildman–Crippen LogP) is 5.62. The van der Waals surface area contributed by atoms with E-state index in [0.29, 0.717) is 35.6 Å². The van der Waals surface area contributed by atoms with Gasteiger partial charge in [-0.1, -0.05) is 11.6 Å². The van der Waals surface area contributed by atoms with E-state index in [9.17, 15) is 4.79 Å². The fraction of sp³-hybridized carbons (Fsp3) is 0.500. The quantitative estimate of drug-likeness (QED) is 0.301. The van der Waals surface area contributed by atoms with Gasteiger partial charge in [-0.05, 0) is 83.0 Å². The summed E-state index contributed by atoms with van der Waals surface area (Å²) in [5, 5.41) is 13.4. The van der Waals surface area contributed by atoms with Crippen LogP contribution in [0.25, 0.3) is 28.6 Å². The fourth-order valence-corrected chi connectivity index (χ4v) is 7.50. The minimum Gasteiger partial charge on any atom is -0.473 e. The summed E-state index contributed by atoms with van der Waals surface area (Å²) in [6.07, 6.45) is 10.1. The Bertz CT molecular complexity index is 1530. The molecule has 5 heterocycles. The zero-order valence-electron chi connectivity index (χ0n) is 23.0. The number of fused-ring (bicyclic) bond motifs is 2. The highest BCUT2D eigenvalue weighted by Gasteiger charge is 2.48. The Morgan fingerprint density at radius 1 is 1.12 bits per heavy atom. The molecule has 1 saturated carbocycles. The molecular formula is C30H34N6O3S. The van der Waals surface area contributed by atoms with Crippen molar-refractivity contribution in [1.82, 2.24) is 29.8 Å². The minimum absolute atomic E-state index is 0.0409. The van der Waals surface area contributed by atoms with Crippen molar-refractivity contribution in [2.24, 2.45) is 0 Å². The first-order chi connectivity index (χ1) is 19.5. The molecule has 9 nitrogen and oxygen atoms in total. The Hall–Kier alpha value is -3.37. The van der Waals surface area contributed by atoms with Crippen LogP contribution in [-0.2, 0) is 16.6 Å². The first kappa shape index (κ1) is 25.6. The van der Waals surface area contributed by atoms with Crippen LogP contribution in [0.2, 0.25) is 0 Å². The lowest BCUT2D eigenvalue weighted by Crippen LogP contribution is -2.41. The standard InChI is InChI=1S/C30H34N6O3S/c1-19(24-8-6-14-35(24)2)38-26-17-23(22-10-15-36(33-22)20-11-16-40-18-20)31-29(32-26)27-21-7-5-13-30(28(21)39-34-27)12-4-3-9-25(30)37/h10-11,15-19,24H,3-9,12-14H2,1-2H3/t19-,24-,30+/m0/s1. The van der Waals surface area contributed by atoms with Crippen molar-refractivity contribution >= 4 is 17.1 Å². The van der Waals surface area contributed by atoms with Gasteiger partial charge < -0.3 is 9.26 Å². The molecule has 0 N–H and O–H groups in total. The third-order valence-corrected chi connectivity index (χ3v) is 9.68. The average Bonchev–Trinajstić information content (AvgIpc) is 3.77. The van der Waals surface area contributed by atoms with E-state index in [1.54, 1.807) is 11.3 Å². The first-order valence-corrected chi connectivity index (χ1v) is 15.3. The second-order valence-corrected chi connectivity index (χ2v) is 12.2. The molecule has 3 aliphatic rings. The Morgan fingerprint density at radius 3 is 2.83 bits per heavy atom. The van der Waals surface area contributed by atoms with Gasteiger partial charge in [-0.2, -0.15) is 21.4 Å². The van der Waals surface area contributed by atoms with Crippen LogP contribution in [-0.4, -0.2) is 61.3 Å². The van der Waals surface area contributed by atoms with Crippen LogP contribution in [0, 0.1) is 0 Å². The van der Waals surface area contributed by atoms with Crippen molar-refractivity contribution in [1.29, 1.82) is 0 Å². The number of carbonyl (C=O) groups is 1. The number of hydrogen-bond donors (Lipinski definition) is 0. The molecule has 0 amide bonds. The average molecular weight is 559 g/mol. The lowest BCUT2D eigenvalue weighted by atomic mass is 9.64. The maximum Gasteiger partial charge on any atom is 0.217 e. The molecule has 0 bridgehead atoms. The molecule has 0 aromatic carbocycles. The summed E-state index contributed by atoms with van der Waals surface area (Å²) in [6, 6.07) is 6.19. The molecule has 1 spiro atoms. The highest BCUT2D eigenvalue weighted by Crippen LogP contribution is 2.47. The third kappa shape index (κ3) is 4.37. The molecule has 10 heteroatoms. The minimum atomic E-state index is -0.547. The zero-order chi connectivity index (χ0) is 27.3. The number of nitrogens with zero attached hydrogens (tertiary/aromatic N) is 6. The Morgan fingerprint density at radius 2 is 2.02 bits per heavy atom. The summed E-state index contributed by atoms with van der Waals surface area (Å²) in [4.78, 5) is 25.3. The summed E-state index contributed by atoms with van der Waals surface area (Å²) < 4.78 is 14.3. The topological polar surface area (TPSA) is 99.2 Å². The van der Waals surface area contributed by atoms with Gasteiger partial charge in [-0.15, -0.1) is 0 Å². The number of thiophene rings is 1. The van der Waals surface area contributed by atoms with E-state index in [-0.39, 0.29) is 11.9 Å². The Kier molecular flexibility index (Phi) is 6.54. The monoisotopic (exact) mass is 558 g/mol. The van der Waals surface area contributed by atoms with Gasteiger partial charge in [0.05, 0.1) is 16.8 Å². The first-order valence-electron chi connectivity index (χ1n) is 14.4. The maximum absolute atomic E-state index is 13.2. The van der Waals surface area contributed by atoms with Crippen molar-refractivity contribution < 1.29 is 14.1 Å². The molecule has 0 unspecified atom stereocenters. The summed E-state index contributed by atoms with van der Waals surface area (Å²) in [7, 11) is 2.15. The number of likely N-dealkylation sites (N-methyl/N-ethyl adjacent to an activating group) is 1. The highest BCUT2D eigenvalue weighted by molar-refractivity contribution is 7.08. The number of ether oxygens (including phenoxy) is 1. The van der Waals surface area contributed by atoms with Crippen LogP contribution >= 0.6 is 11.3 Å². The van der Waals surface area contributed by atoms with Crippen molar-refractivity contribution in [3.8, 4) is 34.5 Å². The van der Waals surface area contributed by atoms with E-state index < -0.39 is 5.41 Å². The molecule has 7 rings (SSSR count). The van der Waals surface area contributed by atoms with Crippen LogP contribution < -0.4 is 4.74 Å². The van der Waals surface area contributed by atoms with Gasteiger partial charge >= 0.3 is 0 Å². The largest absolute Gasteiger partial charge is 0.473 e. The highest BCUT2D eigenvalue weighted by atomic mass is 32.1. The van der Waals surface area contributed by atoms with E-state index in [1.165, 1.54) is 6.42 Å². The van der Waals surface area contributed by atoms with Gasteiger partial charge in [0.25, 0.3) is 0 Å². The van der Waals surface area contributed by atoms with Crippen LogP contribution in [0.3, 0.4) is 0 Å². The van der Waals surface area contributed by atoms with Gasteiger partial charge in [-0.3, -0.25) is 9.69 Å². The van der Waals surface area contributed by atoms with Crippen LogP contribution in [0.5, 0.6) is 5.88 Å².